The van der Waals surface area contributed by atoms with Crippen LogP contribution in [0.3, 0.4) is 0 Å². The minimum Gasteiger partial charge on any atom is -0.334 e. The molecule has 1 aliphatic rings. The lowest BCUT2D eigenvalue weighted by Crippen LogP contribution is -2.47. The Morgan fingerprint density at radius 3 is 2.63 bits per heavy atom. The van der Waals surface area contributed by atoms with E-state index in [4.69, 9.17) is 0 Å². The van der Waals surface area contributed by atoms with Crippen LogP contribution in [0.25, 0.3) is 10.9 Å². The normalized spacial score (nSPS) is 16.0. The van der Waals surface area contributed by atoms with Gasteiger partial charge in [0.25, 0.3) is 11.5 Å². The number of nitrogens with one attached hydrogen (secondary N) is 1. The standard InChI is InChI=1S/C23H24N4O3/c1-2-26(15-20-24-18-12-7-6-11-17(18)21(28)25-20)23(30)19-13-8-14-27(19)22(29)16-9-4-3-5-10-16/h3-7,9-12,19H,2,8,13-15H2,1H3,(H,24,25,28). The lowest BCUT2D eigenvalue weighted by Gasteiger charge is -2.29. The van der Waals surface area contributed by atoms with Crippen LogP contribution in [-0.4, -0.2) is 50.7 Å². The highest BCUT2D eigenvalue weighted by Crippen LogP contribution is 2.22. The zero-order valence-corrected chi connectivity index (χ0v) is 16.9. The molecule has 4 rings (SSSR count). The SMILES string of the molecule is CCN(Cc1nc2ccccc2c(=O)[nH]1)C(=O)C1CCCN1C(=O)c1ccccc1. The molecule has 1 atom stereocenters. The second-order valence-corrected chi connectivity index (χ2v) is 7.40. The van der Waals surface area contributed by atoms with Gasteiger partial charge in [0.2, 0.25) is 5.91 Å². The number of carbonyl (C=O) groups excluding carboxylic acids is 2. The fraction of sp³-hybridized carbons (Fsp3) is 0.304. The zero-order valence-electron chi connectivity index (χ0n) is 16.9. The van der Waals surface area contributed by atoms with Gasteiger partial charge in [-0.1, -0.05) is 30.3 Å². The predicted molar refractivity (Wildman–Crippen MR) is 114 cm³/mol. The molecule has 3 aromatic rings. The van der Waals surface area contributed by atoms with Crippen molar-refractivity contribution in [2.24, 2.45) is 0 Å². The number of amides is 2. The van der Waals surface area contributed by atoms with Crippen LogP contribution in [0.5, 0.6) is 0 Å². The van der Waals surface area contributed by atoms with E-state index in [0.29, 0.717) is 41.8 Å². The summed E-state index contributed by atoms with van der Waals surface area (Å²) in [6.45, 7) is 3.10. The number of nitrogens with zero attached hydrogens (tertiary/aromatic N) is 3. The molecule has 1 saturated heterocycles. The van der Waals surface area contributed by atoms with Crippen molar-refractivity contribution in [1.29, 1.82) is 0 Å². The summed E-state index contributed by atoms with van der Waals surface area (Å²) in [6, 6.07) is 15.7. The molecule has 1 unspecified atom stereocenters. The molecule has 154 valence electrons. The molecule has 2 amide bonds. The van der Waals surface area contributed by atoms with Crippen LogP contribution < -0.4 is 5.56 Å². The van der Waals surface area contributed by atoms with Crippen molar-refractivity contribution in [1.82, 2.24) is 19.8 Å². The molecule has 30 heavy (non-hydrogen) atoms. The maximum absolute atomic E-state index is 13.3. The molecule has 1 aromatic heterocycles. The van der Waals surface area contributed by atoms with Crippen molar-refractivity contribution in [2.45, 2.75) is 32.4 Å². The van der Waals surface area contributed by atoms with Gasteiger partial charge in [-0.15, -0.1) is 0 Å². The van der Waals surface area contributed by atoms with Crippen LogP contribution in [0.15, 0.2) is 59.4 Å². The maximum Gasteiger partial charge on any atom is 0.258 e. The van der Waals surface area contributed by atoms with Crippen LogP contribution >= 0.6 is 0 Å². The van der Waals surface area contributed by atoms with Crippen LogP contribution in [0.2, 0.25) is 0 Å². The fourth-order valence-corrected chi connectivity index (χ4v) is 3.96. The van der Waals surface area contributed by atoms with Crippen LogP contribution in [0.1, 0.15) is 35.9 Å². The summed E-state index contributed by atoms with van der Waals surface area (Å²) < 4.78 is 0. The molecule has 1 fully saturated rings. The highest BCUT2D eigenvalue weighted by atomic mass is 16.2. The van der Waals surface area contributed by atoms with E-state index in [0.717, 1.165) is 6.42 Å². The number of likely N-dealkylation sites (N-methyl/N-ethyl adjacent to an activating group) is 1. The molecule has 0 saturated carbocycles. The Labute approximate surface area is 174 Å². The van der Waals surface area contributed by atoms with Crippen molar-refractivity contribution in [3.63, 3.8) is 0 Å². The van der Waals surface area contributed by atoms with Gasteiger partial charge in [-0.2, -0.15) is 0 Å². The molecule has 2 aromatic carbocycles. The first-order chi connectivity index (χ1) is 14.6. The van der Waals surface area contributed by atoms with Gasteiger partial charge >= 0.3 is 0 Å². The largest absolute Gasteiger partial charge is 0.334 e. The maximum atomic E-state index is 13.3. The third-order valence-electron chi connectivity index (χ3n) is 5.52. The van der Waals surface area contributed by atoms with Crippen LogP contribution in [-0.2, 0) is 11.3 Å². The molecular weight excluding hydrogens is 380 g/mol. The van der Waals surface area contributed by atoms with Gasteiger partial charge in [0.05, 0.1) is 17.4 Å². The number of aromatic nitrogens is 2. The van der Waals surface area contributed by atoms with Crippen LogP contribution in [0, 0.1) is 0 Å². The molecule has 0 aliphatic carbocycles. The zero-order chi connectivity index (χ0) is 21.1. The smallest absolute Gasteiger partial charge is 0.258 e. The molecule has 0 spiro atoms. The quantitative estimate of drug-likeness (QED) is 0.708. The number of para-hydroxylation sites is 1. The number of hydrogen-bond donors (Lipinski definition) is 1. The number of rotatable bonds is 5. The van der Waals surface area contributed by atoms with E-state index >= 15 is 0 Å². The van der Waals surface area contributed by atoms with Crippen molar-refractivity contribution >= 4 is 22.7 Å². The average molecular weight is 404 g/mol. The Hall–Kier alpha value is -3.48. The van der Waals surface area contributed by atoms with Gasteiger partial charge in [0.15, 0.2) is 0 Å². The summed E-state index contributed by atoms with van der Waals surface area (Å²) >= 11 is 0. The number of carbonyl (C=O) groups is 2. The Kier molecular flexibility index (Phi) is 5.61. The first-order valence-electron chi connectivity index (χ1n) is 10.2. The minimum absolute atomic E-state index is 0.116. The predicted octanol–water partition coefficient (Wildman–Crippen LogP) is 2.58. The van der Waals surface area contributed by atoms with E-state index in [9.17, 15) is 14.4 Å². The summed E-state index contributed by atoms with van der Waals surface area (Å²) in [5.41, 5.74) is 0.961. The molecule has 0 radical (unpaired) electrons. The Balaban J connectivity index is 1.55. The monoisotopic (exact) mass is 404 g/mol. The third-order valence-corrected chi connectivity index (χ3v) is 5.52. The van der Waals surface area contributed by atoms with E-state index in [2.05, 4.69) is 9.97 Å². The van der Waals surface area contributed by atoms with Crippen molar-refractivity contribution in [3.8, 4) is 0 Å². The highest BCUT2D eigenvalue weighted by molar-refractivity contribution is 5.98. The van der Waals surface area contributed by atoms with E-state index in [1.165, 1.54) is 0 Å². The summed E-state index contributed by atoms with van der Waals surface area (Å²) in [4.78, 5) is 49.1. The molecule has 2 heterocycles. The first kappa shape index (κ1) is 19.8. The lowest BCUT2D eigenvalue weighted by atomic mass is 10.1. The van der Waals surface area contributed by atoms with Gasteiger partial charge in [0, 0.05) is 18.7 Å². The summed E-state index contributed by atoms with van der Waals surface area (Å²) in [6.07, 6.45) is 1.42. The second kappa shape index (κ2) is 8.49. The molecule has 7 heteroatoms. The third kappa shape index (κ3) is 3.83. The van der Waals surface area contributed by atoms with Crippen LogP contribution in [0.4, 0.5) is 0 Å². The number of likely N-dealkylation sites (tertiary alicyclic amines) is 1. The van der Waals surface area contributed by atoms with E-state index in [1.807, 2.05) is 31.2 Å². The molecule has 1 aliphatic heterocycles. The molecule has 7 nitrogen and oxygen atoms in total. The Morgan fingerprint density at radius 1 is 1.13 bits per heavy atom. The number of fused-ring (bicyclic) bond motifs is 1. The first-order valence-corrected chi connectivity index (χ1v) is 10.2. The van der Waals surface area contributed by atoms with E-state index in [-0.39, 0.29) is 23.9 Å². The van der Waals surface area contributed by atoms with Gasteiger partial charge in [-0.3, -0.25) is 14.4 Å². The van der Waals surface area contributed by atoms with E-state index in [1.54, 1.807) is 40.1 Å². The molecule has 1 N–H and O–H groups in total. The number of H-pyrrole nitrogens is 1. The summed E-state index contributed by atoms with van der Waals surface area (Å²) in [5, 5.41) is 0.519. The number of benzene rings is 2. The topological polar surface area (TPSA) is 86.4 Å². The summed E-state index contributed by atoms with van der Waals surface area (Å²) in [5.74, 6) is 0.197. The van der Waals surface area contributed by atoms with E-state index < -0.39 is 6.04 Å². The average Bonchev–Trinajstić information content (AvgIpc) is 3.27. The summed E-state index contributed by atoms with van der Waals surface area (Å²) in [7, 11) is 0. The molecular formula is C23H24N4O3. The second-order valence-electron chi connectivity index (χ2n) is 7.40. The molecule has 0 bridgehead atoms. The van der Waals surface area contributed by atoms with Crippen molar-refractivity contribution in [3.05, 3.63) is 76.3 Å². The van der Waals surface area contributed by atoms with Crippen molar-refractivity contribution < 1.29 is 9.59 Å². The number of aromatic amines is 1. The minimum atomic E-state index is -0.496. The van der Waals surface area contributed by atoms with Gasteiger partial charge in [-0.05, 0) is 44.0 Å². The Morgan fingerprint density at radius 2 is 1.87 bits per heavy atom. The lowest BCUT2D eigenvalue weighted by molar-refractivity contribution is -0.135. The van der Waals surface area contributed by atoms with Gasteiger partial charge in [-0.25, -0.2) is 4.98 Å². The Bertz CT molecular complexity index is 1130. The number of hydrogen-bond acceptors (Lipinski definition) is 4. The fourth-order valence-electron chi connectivity index (χ4n) is 3.96. The van der Waals surface area contributed by atoms with Gasteiger partial charge in [0.1, 0.15) is 11.9 Å². The van der Waals surface area contributed by atoms with Gasteiger partial charge < -0.3 is 14.8 Å². The highest BCUT2D eigenvalue weighted by Gasteiger charge is 2.36. The van der Waals surface area contributed by atoms with Crippen molar-refractivity contribution in [2.75, 3.05) is 13.1 Å².